The van der Waals surface area contributed by atoms with Crippen LogP contribution in [0.25, 0.3) is 0 Å². The second-order valence-electron chi connectivity index (χ2n) is 7.88. The Labute approximate surface area is 183 Å². The van der Waals surface area contributed by atoms with Gasteiger partial charge in [0.15, 0.2) is 0 Å². The first-order valence-corrected chi connectivity index (χ1v) is 10.5. The maximum atomic E-state index is 12.9. The van der Waals surface area contributed by atoms with E-state index in [-0.39, 0.29) is 18.0 Å². The van der Waals surface area contributed by atoms with Crippen molar-refractivity contribution < 1.29 is 19.1 Å². The fourth-order valence-corrected chi connectivity index (χ4v) is 3.79. The van der Waals surface area contributed by atoms with Gasteiger partial charge in [0.25, 0.3) is 5.91 Å². The molecule has 1 heterocycles. The highest BCUT2D eigenvalue weighted by Crippen LogP contribution is 2.26. The Morgan fingerprint density at radius 3 is 2.19 bits per heavy atom. The molecule has 31 heavy (non-hydrogen) atoms. The van der Waals surface area contributed by atoms with Crippen molar-refractivity contribution in [2.75, 3.05) is 40.4 Å². The van der Waals surface area contributed by atoms with Gasteiger partial charge in [0.05, 0.1) is 20.3 Å². The van der Waals surface area contributed by atoms with E-state index in [1.54, 1.807) is 30.1 Å². The molecule has 7 nitrogen and oxygen atoms in total. The summed E-state index contributed by atoms with van der Waals surface area (Å²) in [6.07, 6.45) is 0. The maximum absolute atomic E-state index is 12.9. The fourth-order valence-electron chi connectivity index (χ4n) is 3.79. The normalized spacial score (nSPS) is 14.7. The van der Waals surface area contributed by atoms with Crippen LogP contribution >= 0.6 is 0 Å². The molecule has 1 fully saturated rings. The Morgan fingerprint density at radius 1 is 0.903 bits per heavy atom. The second-order valence-corrected chi connectivity index (χ2v) is 7.88. The van der Waals surface area contributed by atoms with Crippen LogP contribution in [0.3, 0.4) is 0 Å². The van der Waals surface area contributed by atoms with E-state index in [0.717, 1.165) is 22.4 Å². The number of hydrogen-bond acceptors (Lipinski definition) is 4. The van der Waals surface area contributed by atoms with Gasteiger partial charge in [-0.15, -0.1) is 0 Å². The molecule has 2 aromatic carbocycles. The third-order valence-electron chi connectivity index (χ3n) is 5.70. The van der Waals surface area contributed by atoms with Crippen molar-refractivity contribution in [1.82, 2.24) is 15.1 Å². The van der Waals surface area contributed by atoms with E-state index in [4.69, 9.17) is 9.47 Å². The zero-order valence-electron chi connectivity index (χ0n) is 18.9. The van der Waals surface area contributed by atoms with Gasteiger partial charge in [-0.05, 0) is 44.5 Å². The molecule has 166 valence electrons. The average Bonchev–Trinajstić information content (AvgIpc) is 2.78. The molecule has 1 saturated heterocycles. The first-order valence-electron chi connectivity index (χ1n) is 10.5. The number of carbonyl (C=O) groups excluding carboxylic acids is 2. The second kappa shape index (κ2) is 9.73. The molecule has 2 aromatic rings. The lowest BCUT2D eigenvalue weighted by Gasteiger charge is -2.35. The molecule has 1 unspecified atom stereocenters. The van der Waals surface area contributed by atoms with Crippen LogP contribution in [-0.4, -0.2) is 62.1 Å². The van der Waals surface area contributed by atoms with Gasteiger partial charge in [-0.3, -0.25) is 4.79 Å². The van der Waals surface area contributed by atoms with E-state index in [1.165, 1.54) is 0 Å². The van der Waals surface area contributed by atoms with Crippen LogP contribution in [0.15, 0.2) is 36.4 Å². The van der Waals surface area contributed by atoms with Gasteiger partial charge in [-0.25, -0.2) is 4.79 Å². The molecule has 0 radical (unpaired) electrons. The topological polar surface area (TPSA) is 71.1 Å². The van der Waals surface area contributed by atoms with Crippen molar-refractivity contribution in [3.05, 3.63) is 58.7 Å². The zero-order chi connectivity index (χ0) is 22.5. The molecular weight excluding hydrogens is 394 g/mol. The molecule has 3 amide bonds. The smallest absolute Gasteiger partial charge is 0.317 e. The molecule has 0 saturated carbocycles. The number of carbonyl (C=O) groups is 2. The molecule has 0 aromatic heterocycles. The van der Waals surface area contributed by atoms with Gasteiger partial charge in [-0.1, -0.05) is 23.8 Å². The van der Waals surface area contributed by atoms with Crippen LogP contribution in [0.1, 0.15) is 40.0 Å². The van der Waals surface area contributed by atoms with Crippen LogP contribution < -0.4 is 14.8 Å². The number of benzene rings is 2. The van der Waals surface area contributed by atoms with Crippen LogP contribution in [0, 0.1) is 13.8 Å². The predicted molar refractivity (Wildman–Crippen MR) is 120 cm³/mol. The van der Waals surface area contributed by atoms with Gasteiger partial charge in [-0.2, -0.15) is 0 Å². The van der Waals surface area contributed by atoms with E-state index in [0.29, 0.717) is 37.5 Å². The van der Waals surface area contributed by atoms with E-state index < -0.39 is 0 Å². The number of hydrogen-bond donors (Lipinski definition) is 1. The minimum absolute atomic E-state index is 0.0452. The van der Waals surface area contributed by atoms with Crippen LogP contribution in [0.5, 0.6) is 11.5 Å². The van der Waals surface area contributed by atoms with Crippen molar-refractivity contribution in [2.45, 2.75) is 26.8 Å². The Kier molecular flexibility index (Phi) is 7.05. The summed E-state index contributed by atoms with van der Waals surface area (Å²) in [7, 11) is 3.23. The van der Waals surface area contributed by atoms with Crippen molar-refractivity contribution >= 4 is 11.9 Å². The lowest BCUT2D eigenvalue weighted by molar-refractivity contribution is 0.0663. The van der Waals surface area contributed by atoms with E-state index in [9.17, 15) is 9.59 Å². The third kappa shape index (κ3) is 5.10. The summed E-state index contributed by atoms with van der Waals surface area (Å²) in [5.41, 5.74) is 3.63. The van der Waals surface area contributed by atoms with Crippen molar-refractivity contribution in [3.8, 4) is 11.5 Å². The van der Waals surface area contributed by atoms with E-state index in [2.05, 4.69) is 5.32 Å². The summed E-state index contributed by atoms with van der Waals surface area (Å²) < 4.78 is 10.8. The van der Waals surface area contributed by atoms with Crippen LogP contribution in [-0.2, 0) is 0 Å². The number of amides is 3. The van der Waals surface area contributed by atoms with Crippen molar-refractivity contribution in [3.63, 3.8) is 0 Å². The SMILES string of the molecule is COc1cc(C(=O)N2CCN(C(=O)NC(C)c3cc(C)ccc3OC)CC2)ccc1C. The largest absolute Gasteiger partial charge is 0.496 e. The summed E-state index contributed by atoms with van der Waals surface area (Å²) in [6, 6.07) is 11.1. The first-order chi connectivity index (χ1) is 14.8. The predicted octanol–water partition coefficient (Wildman–Crippen LogP) is 3.55. The van der Waals surface area contributed by atoms with E-state index in [1.807, 2.05) is 51.1 Å². The molecular formula is C24H31N3O4. The number of ether oxygens (including phenoxy) is 2. The van der Waals surface area contributed by atoms with Crippen molar-refractivity contribution in [1.29, 1.82) is 0 Å². The summed E-state index contributed by atoms with van der Waals surface area (Å²) in [6.45, 7) is 7.85. The molecule has 1 aliphatic rings. The fraction of sp³-hybridized carbons (Fsp3) is 0.417. The number of rotatable bonds is 5. The summed E-state index contributed by atoms with van der Waals surface area (Å²) >= 11 is 0. The summed E-state index contributed by atoms with van der Waals surface area (Å²) in [5.74, 6) is 1.41. The number of aryl methyl sites for hydroxylation is 2. The van der Waals surface area contributed by atoms with E-state index >= 15 is 0 Å². The Morgan fingerprint density at radius 2 is 1.55 bits per heavy atom. The van der Waals surface area contributed by atoms with Crippen molar-refractivity contribution in [2.24, 2.45) is 0 Å². The molecule has 3 rings (SSSR count). The first kappa shape index (κ1) is 22.5. The highest BCUT2D eigenvalue weighted by molar-refractivity contribution is 5.95. The lowest BCUT2D eigenvalue weighted by atomic mass is 10.0. The van der Waals surface area contributed by atoms with Gasteiger partial charge in [0.2, 0.25) is 0 Å². The third-order valence-corrected chi connectivity index (χ3v) is 5.70. The Hall–Kier alpha value is -3.22. The monoisotopic (exact) mass is 425 g/mol. The Bertz CT molecular complexity index is 952. The van der Waals surface area contributed by atoms with Gasteiger partial charge >= 0.3 is 6.03 Å². The van der Waals surface area contributed by atoms with Gasteiger partial charge < -0.3 is 24.6 Å². The lowest BCUT2D eigenvalue weighted by Crippen LogP contribution is -2.53. The number of nitrogens with one attached hydrogen (secondary N) is 1. The molecule has 1 N–H and O–H groups in total. The van der Waals surface area contributed by atoms with Crippen LogP contribution in [0.2, 0.25) is 0 Å². The number of nitrogens with zero attached hydrogens (tertiary/aromatic N) is 2. The molecule has 0 aliphatic carbocycles. The quantitative estimate of drug-likeness (QED) is 0.795. The molecule has 0 bridgehead atoms. The van der Waals surface area contributed by atoms with Gasteiger partial charge in [0, 0.05) is 37.3 Å². The standard InChI is InChI=1S/C24H31N3O4/c1-16-6-9-21(30-4)20(14-16)18(3)25-24(29)27-12-10-26(11-13-27)23(28)19-8-7-17(2)22(15-19)31-5/h6-9,14-15,18H,10-13H2,1-5H3,(H,25,29). The minimum atomic E-state index is -0.193. The minimum Gasteiger partial charge on any atom is -0.496 e. The number of methoxy groups -OCH3 is 2. The summed E-state index contributed by atoms with van der Waals surface area (Å²) in [4.78, 5) is 29.2. The Balaban J connectivity index is 1.58. The molecule has 1 aliphatic heterocycles. The van der Waals surface area contributed by atoms with Gasteiger partial charge in [0.1, 0.15) is 11.5 Å². The zero-order valence-corrected chi connectivity index (χ0v) is 18.9. The number of urea groups is 1. The summed E-state index contributed by atoms with van der Waals surface area (Å²) in [5, 5.41) is 3.05. The highest BCUT2D eigenvalue weighted by Gasteiger charge is 2.26. The van der Waals surface area contributed by atoms with Crippen LogP contribution in [0.4, 0.5) is 4.79 Å². The maximum Gasteiger partial charge on any atom is 0.317 e. The molecule has 7 heteroatoms. The number of piperazine rings is 1. The highest BCUT2D eigenvalue weighted by atomic mass is 16.5. The molecule has 0 spiro atoms. The average molecular weight is 426 g/mol. The molecule has 1 atom stereocenters.